The second kappa shape index (κ2) is 5.35. The largest absolute Gasteiger partial charge is 0.485 e. The van der Waals surface area contributed by atoms with Crippen LogP contribution >= 0.6 is 27.5 Å². The van der Waals surface area contributed by atoms with Crippen LogP contribution in [0, 0.1) is 5.82 Å². The van der Waals surface area contributed by atoms with Gasteiger partial charge in [0, 0.05) is 28.1 Å². The molecule has 2 aromatic carbocycles. The highest BCUT2D eigenvalue weighted by molar-refractivity contribution is 9.10. The van der Waals surface area contributed by atoms with Crippen molar-refractivity contribution < 1.29 is 9.13 Å². The fraction of sp³-hybridized carbons (Fsp3) is 0.200. The molecule has 1 aliphatic rings. The van der Waals surface area contributed by atoms with Crippen LogP contribution in [0.3, 0.4) is 0 Å². The van der Waals surface area contributed by atoms with Crippen LogP contribution in [0.25, 0.3) is 0 Å². The Hall–Kier alpha value is -1.10. The van der Waals surface area contributed by atoms with Crippen molar-refractivity contribution in [1.29, 1.82) is 0 Å². The number of nitrogens with two attached hydrogens (primary N) is 1. The zero-order valence-electron chi connectivity index (χ0n) is 10.4. The van der Waals surface area contributed by atoms with Crippen LogP contribution in [0.2, 0.25) is 5.02 Å². The fourth-order valence-electron chi connectivity index (χ4n) is 2.43. The molecule has 0 radical (unpaired) electrons. The molecule has 20 heavy (non-hydrogen) atoms. The van der Waals surface area contributed by atoms with Crippen LogP contribution < -0.4 is 10.5 Å². The first-order valence-electron chi connectivity index (χ1n) is 6.21. The molecule has 5 heteroatoms. The maximum Gasteiger partial charge on any atom is 0.127 e. The molecule has 0 amide bonds. The molecular weight excluding hydrogens is 345 g/mol. The Morgan fingerprint density at radius 2 is 2.00 bits per heavy atom. The van der Waals surface area contributed by atoms with Gasteiger partial charge < -0.3 is 10.5 Å². The monoisotopic (exact) mass is 355 g/mol. The maximum absolute atomic E-state index is 13.1. The highest BCUT2D eigenvalue weighted by atomic mass is 79.9. The third-order valence-corrected chi connectivity index (χ3v) is 4.24. The lowest BCUT2D eigenvalue weighted by atomic mass is 9.93. The molecule has 0 aliphatic carbocycles. The van der Waals surface area contributed by atoms with Crippen molar-refractivity contribution in [1.82, 2.24) is 0 Å². The zero-order valence-corrected chi connectivity index (χ0v) is 12.8. The summed E-state index contributed by atoms with van der Waals surface area (Å²) in [6.07, 6.45) is 0.348. The van der Waals surface area contributed by atoms with E-state index in [0.717, 1.165) is 21.3 Å². The van der Waals surface area contributed by atoms with Crippen molar-refractivity contribution in [2.75, 3.05) is 0 Å². The van der Waals surface area contributed by atoms with Crippen LogP contribution in [-0.4, -0.2) is 0 Å². The number of hydrogen-bond donors (Lipinski definition) is 1. The van der Waals surface area contributed by atoms with Crippen LogP contribution in [-0.2, 0) is 0 Å². The molecule has 0 fully saturated rings. The van der Waals surface area contributed by atoms with E-state index in [1.165, 1.54) is 12.1 Å². The molecule has 0 aromatic heterocycles. The van der Waals surface area contributed by atoms with E-state index in [4.69, 9.17) is 22.1 Å². The fourth-order valence-corrected chi connectivity index (χ4v) is 3.10. The van der Waals surface area contributed by atoms with E-state index in [1.54, 1.807) is 6.07 Å². The molecule has 0 bridgehead atoms. The Morgan fingerprint density at radius 1 is 1.20 bits per heavy atom. The lowest BCUT2D eigenvalue weighted by molar-refractivity contribution is 0.161. The SMILES string of the molecule is N[C@H]1CC(c2ccc(F)cc2Cl)Oc2ccc(Br)cc21. The predicted octanol–water partition coefficient (Wildman–Crippen LogP) is 4.77. The van der Waals surface area contributed by atoms with Gasteiger partial charge in [-0.25, -0.2) is 4.39 Å². The summed E-state index contributed by atoms with van der Waals surface area (Å²) in [6, 6.07) is 9.93. The first kappa shape index (κ1) is 13.9. The second-order valence-electron chi connectivity index (χ2n) is 4.80. The first-order chi connectivity index (χ1) is 9.54. The van der Waals surface area contributed by atoms with Gasteiger partial charge in [0.25, 0.3) is 0 Å². The number of ether oxygens (including phenoxy) is 1. The summed E-state index contributed by atoms with van der Waals surface area (Å²) in [5.74, 6) is 0.389. The number of rotatable bonds is 1. The molecule has 2 nitrogen and oxygen atoms in total. The Bertz CT molecular complexity index is 664. The molecule has 2 aromatic rings. The number of halogens is 3. The molecule has 0 saturated carbocycles. The van der Waals surface area contributed by atoms with E-state index >= 15 is 0 Å². The van der Waals surface area contributed by atoms with Crippen molar-refractivity contribution in [2.45, 2.75) is 18.6 Å². The van der Waals surface area contributed by atoms with E-state index in [0.29, 0.717) is 11.4 Å². The minimum atomic E-state index is -0.358. The lowest BCUT2D eigenvalue weighted by Gasteiger charge is -2.31. The highest BCUT2D eigenvalue weighted by Crippen LogP contribution is 2.42. The second-order valence-corrected chi connectivity index (χ2v) is 6.12. The van der Waals surface area contributed by atoms with E-state index in [-0.39, 0.29) is 18.0 Å². The maximum atomic E-state index is 13.1. The van der Waals surface area contributed by atoms with Crippen molar-refractivity contribution in [3.8, 4) is 5.75 Å². The van der Waals surface area contributed by atoms with Gasteiger partial charge in [-0.15, -0.1) is 0 Å². The Kier molecular flexibility index (Phi) is 3.71. The van der Waals surface area contributed by atoms with Crippen molar-refractivity contribution >= 4 is 27.5 Å². The van der Waals surface area contributed by atoms with E-state index in [9.17, 15) is 4.39 Å². The summed E-state index contributed by atoms with van der Waals surface area (Å²) in [4.78, 5) is 0. The summed E-state index contributed by atoms with van der Waals surface area (Å²) in [5, 5.41) is 0.364. The summed E-state index contributed by atoms with van der Waals surface area (Å²) in [6.45, 7) is 0. The van der Waals surface area contributed by atoms with Gasteiger partial charge in [0.05, 0.1) is 5.02 Å². The van der Waals surface area contributed by atoms with Crippen molar-refractivity contribution in [3.63, 3.8) is 0 Å². The normalized spacial score (nSPS) is 21.2. The summed E-state index contributed by atoms with van der Waals surface area (Å²) < 4.78 is 20.0. The zero-order chi connectivity index (χ0) is 14.3. The van der Waals surface area contributed by atoms with Crippen molar-refractivity contribution in [3.05, 3.63) is 62.8 Å². The third kappa shape index (κ3) is 2.55. The lowest BCUT2D eigenvalue weighted by Crippen LogP contribution is -2.24. The van der Waals surface area contributed by atoms with Gasteiger partial charge in [0.1, 0.15) is 17.7 Å². The molecule has 2 N–H and O–H groups in total. The number of hydrogen-bond acceptors (Lipinski definition) is 2. The quantitative estimate of drug-likeness (QED) is 0.799. The molecule has 1 heterocycles. The summed E-state index contributed by atoms with van der Waals surface area (Å²) >= 11 is 9.52. The minimum Gasteiger partial charge on any atom is -0.485 e. The molecule has 0 spiro atoms. The van der Waals surface area contributed by atoms with Gasteiger partial charge in [-0.2, -0.15) is 0 Å². The average molecular weight is 357 g/mol. The van der Waals surface area contributed by atoms with E-state index < -0.39 is 0 Å². The molecular formula is C15H12BrClFNO. The molecule has 1 unspecified atom stereocenters. The molecule has 2 atom stereocenters. The van der Waals surface area contributed by atoms with Gasteiger partial charge in [-0.05, 0) is 30.3 Å². The summed E-state index contributed by atoms with van der Waals surface area (Å²) in [7, 11) is 0. The number of fused-ring (bicyclic) bond motifs is 1. The van der Waals surface area contributed by atoms with Gasteiger partial charge >= 0.3 is 0 Å². The Balaban J connectivity index is 1.97. The van der Waals surface area contributed by atoms with Gasteiger partial charge in [-0.3, -0.25) is 0 Å². The predicted molar refractivity (Wildman–Crippen MR) is 80.5 cm³/mol. The van der Waals surface area contributed by atoms with Crippen LogP contribution in [0.5, 0.6) is 5.75 Å². The Labute approximate surface area is 129 Å². The van der Waals surface area contributed by atoms with E-state index in [1.807, 2.05) is 18.2 Å². The van der Waals surface area contributed by atoms with Gasteiger partial charge in [-0.1, -0.05) is 33.6 Å². The van der Waals surface area contributed by atoms with E-state index in [2.05, 4.69) is 15.9 Å². The average Bonchev–Trinajstić information content (AvgIpc) is 2.39. The molecule has 104 valence electrons. The Morgan fingerprint density at radius 3 is 2.75 bits per heavy atom. The first-order valence-corrected chi connectivity index (χ1v) is 7.38. The van der Waals surface area contributed by atoms with Crippen LogP contribution in [0.1, 0.15) is 29.7 Å². The number of benzene rings is 2. The standard InChI is InChI=1S/C15H12BrClFNO/c16-8-1-4-14-11(5-8)13(19)7-15(20-14)10-3-2-9(18)6-12(10)17/h1-6,13,15H,7,19H2/t13-,15?/m0/s1. The minimum absolute atomic E-state index is 0.137. The topological polar surface area (TPSA) is 35.2 Å². The highest BCUT2D eigenvalue weighted by Gasteiger charge is 2.28. The van der Waals surface area contributed by atoms with Crippen molar-refractivity contribution in [2.24, 2.45) is 5.73 Å². The molecule has 1 aliphatic heterocycles. The van der Waals surface area contributed by atoms with Gasteiger partial charge in [0.2, 0.25) is 0 Å². The summed E-state index contributed by atoms with van der Waals surface area (Å²) in [5.41, 5.74) is 7.93. The van der Waals surface area contributed by atoms with Gasteiger partial charge in [0.15, 0.2) is 0 Å². The van der Waals surface area contributed by atoms with Crippen LogP contribution in [0.15, 0.2) is 40.9 Å². The smallest absolute Gasteiger partial charge is 0.127 e. The third-order valence-electron chi connectivity index (χ3n) is 3.42. The molecule has 3 rings (SSSR count). The molecule has 0 saturated heterocycles. The van der Waals surface area contributed by atoms with Crippen LogP contribution in [0.4, 0.5) is 4.39 Å².